The summed E-state index contributed by atoms with van der Waals surface area (Å²) in [6.45, 7) is 6.08. The summed E-state index contributed by atoms with van der Waals surface area (Å²) in [5.74, 6) is -0.220. The highest BCUT2D eigenvalue weighted by molar-refractivity contribution is 7.90. The lowest BCUT2D eigenvalue weighted by atomic mass is 10.1. The normalized spacial score (nSPS) is 15.8. The van der Waals surface area contributed by atoms with Gasteiger partial charge in [-0.25, -0.2) is 16.8 Å². The minimum atomic E-state index is -3.81. The van der Waals surface area contributed by atoms with Crippen molar-refractivity contribution in [3.8, 4) is 0 Å². The first-order valence-electron chi connectivity index (χ1n) is 11.0. The van der Waals surface area contributed by atoms with Gasteiger partial charge in [0.15, 0.2) is 0 Å². The van der Waals surface area contributed by atoms with Gasteiger partial charge in [-0.05, 0) is 55.5 Å². The highest BCUT2D eigenvalue weighted by Gasteiger charge is 2.29. The highest BCUT2D eigenvalue weighted by Crippen LogP contribution is 2.20. The number of sulfonamides is 2. The second kappa shape index (κ2) is 10.9. The Morgan fingerprint density at radius 3 is 2.25 bits per heavy atom. The van der Waals surface area contributed by atoms with Gasteiger partial charge < -0.3 is 5.32 Å². The van der Waals surface area contributed by atoms with Gasteiger partial charge in [0.2, 0.25) is 20.0 Å². The Morgan fingerprint density at radius 1 is 0.906 bits per heavy atom. The summed E-state index contributed by atoms with van der Waals surface area (Å²) in [6, 6.07) is 14.9. The molecule has 3 rings (SSSR count). The maximum Gasteiger partial charge on any atom is 0.243 e. The highest BCUT2D eigenvalue weighted by atomic mass is 32.2. The van der Waals surface area contributed by atoms with Crippen molar-refractivity contribution in [2.24, 2.45) is 0 Å². The molecule has 0 spiro atoms. The van der Waals surface area contributed by atoms with E-state index in [1.54, 1.807) is 18.2 Å². The molecule has 0 aliphatic carbocycles. The summed E-state index contributed by atoms with van der Waals surface area (Å²) in [7, 11) is -7.34. The Bertz CT molecular complexity index is 1100. The molecule has 1 aliphatic rings. The van der Waals surface area contributed by atoms with E-state index in [0.29, 0.717) is 32.6 Å². The molecule has 0 bridgehead atoms. The standard InChI is InChI=1S/C23H33N3O4S2/c1-20-10-11-23(19-21(20)2)32(29,30)26(14-6-9-22-7-4-3-5-8-22)17-18-31(27,28)25-15-12-24-13-16-25/h3-5,7-8,10-11,19,24H,6,9,12-18H2,1-2H3. The van der Waals surface area contributed by atoms with Gasteiger partial charge in [-0.3, -0.25) is 0 Å². The van der Waals surface area contributed by atoms with E-state index in [2.05, 4.69) is 5.32 Å². The van der Waals surface area contributed by atoms with Crippen LogP contribution < -0.4 is 5.32 Å². The average Bonchev–Trinajstić information content (AvgIpc) is 2.79. The molecule has 0 atom stereocenters. The van der Waals surface area contributed by atoms with Gasteiger partial charge in [0.25, 0.3) is 0 Å². The second-order valence-corrected chi connectivity index (χ2v) is 12.2. The molecule has 0 amide bonds. The van der Waals surface area contributed by atoms with Crippen LogP contribution in [0.2, 0.25) is 0 Å². The van der Waals surface area contributed by atoms with Crippen LogP contribution in [0, 0.1) is 13.8 Å². The van der Waals surface area contributed by atoms with Crippen molar-refractivity contribution in [3.05, 3.63) is 65.2 Å². The number of hydrogen-bond donors (Lipinski definition) is 1. The van der Waals surface area contributed by atoms with Gasteiger partial charge in [0.1, 0.15) is 0 Å². The van der Waals surface area contributed by atoms with Crippen LogP contribution in [0.25, 0.3) is 0 Å². The van der Waals surface area contributed by atoms with Gasteiger partial charge >= 0.3 is 0 Å². The molecule has 2 aromatic rings. The van der Waals surface area contributed by atoms with Crippen molar-refractivity contribution in [2.45, 2.75) is 31.6 Å². The summed E-state index contributed by atoms with van der Waals surface area (Å²) in [6.07, 6.45) is 1.34. The van der Waals surface area contributed by atoms with E-state index in [-0.39, 0.29) is 23.7 Å². The van der Waals surface area contributed by atoms with Crippen molar-refractivity contribution in [1.29, 1.82) is 0 Å². The maximum absolute atomic E-state index is 13.4. The first-order chi connectivity index (χ1) is 15.2. The monoisotopic (exact) mass is 479 g/mol. The van der Waals surface area contributed by atoms with Crippen LogP contribution in [0.1, 0.15) is 23.1 Å². The molecule has 1 fully saturated rings. The fourth-order valence-electron chi connectivity index (χ4n) is 3.75. The zero-order chi connectivity index (χ0) is 23.2. The molecule has 9 heteroatoms. The smallest absolute Gasteiger partial charge is 0.243 e. The van der Waals surface area contributed by atoms with Crippen LogP contribution >= 0.6 is 0 Å². The first kappa shape index (κ1) is 24.9. The second-order valence-electron chi connectivity index (χ2n) is 8.20. The molecular formula is C23H33N3O4S2. The number of hydrogen-bond acceptors (Lipinski definition) is 5. The summed E-state index contributed by atoms with van der Waals surface area (Å²) < 4.78 is 55.3. The van der Waals surface area contributed by atoms with Gasteiger partial charge in [-0.2, -0.15) is 8.61 Å². The third-order valence-electron chi connectivity index (χ3n) is 5.90. The first-order valence-corrected chi connectivity index (χ1v) is 14.0. The minimum absolute atomic E-state index is 0.0592. The fraction of sp³-hybridized carbons (Fsp3) is 0.478. The molecule has 7 nitrogen and oxygen atoms in total. The van der Waals surface area contributed by atoms with Crippen LogP contribution in [0.4, 0.5) is 0 Å². The summed E-state index contributed by atoms with van der Waals surface area (Å²) in [5, 5.41) is 3.14. The van der Waals surface area contributed by atoms with Crippen LogP contribution in [-0.2, 0) is 26.5 Å². The van der Waals surface area contributed by atoms with Crippen molar-refractivity contribution < 1.29 is 16.8 Å². The molecule has 1 aliphatic heterocycles. The van der Waals surface area contributed by atoms with E-state index in [1.165, 1.54) is 8.61 Å². The Hall–Kier alpha value is -1.78. The molecule has 1 saturated heterocycles. The van der Waals surface area contributed by atoms with Crippen LogP contribution in [0.15, 0.2) is 53.4 Å². The number of aryl methyl sites for hydroxylation is 3. The molecule has 32 heavy (non-hydrogen) atoms. The molecule has 0 saturated carbocycles. The van der Waals surface area contributed by atoms with E-state index in [4.69, 9.17) is 0 Å². The summed E-state index contributed by atoms with van der Waals surface area (Å²) >= 11 is 0. The number of rotatable bonds is 10. The van der Waals surface area contributed by atoms with Gasteiger partial charge in [-0.15, -0.1) is 0 Å². The number of piperazine rings is 1. The summed E-state index contributed by atoms with van der Waals surface area (Å²) in [4.78, 5) is 0.208. The SMILES string of the molecule is Cc1ccc(S(=O)(=O)N(CCCc2ccccc2)CCS(=O)(=O)N2CCNCC2)cc1C. The van der Waals surface area contributed by atoms with Gasteiger partial charge in [-0.1, -0.05) is 36.4 Å². The lowest BCUT2D eigenvalue weighted by molar-refractivity contribution is 0.355. The zero-order valence-corrected chi connectivity index (χ0v) is 20.5. The van der Waals surface area contributed by atoms with Crippen molar-refractivity contribution in [2.75, 3.05) is 45.0 Å². The Morgan fingerprint density at radius 2 is 1.59 bits per heavy atom. The predicted octanol–water partition coefficient (Wildman–Crippen LogP) is 2.16. The van der Waals surface area contributed by atoms with Crippen LogP contribution in [-0.4, -0.2) is 70.5 Å². The lowest BCUT2D eigenvalue weighted by Crippen LogP contribution is -2.48. The molecule has 2 aromatic carbocycles. The molecule has 1 N–H and O–H groups in total. The van der Waals surface area contributed by atoms with E-state index >= 15 is 0 Å². The van der Waals surface area contributed by atoms with Crippen molar-refractivity contribution in [3.63, 3.8) is 0 Å². The molecular weight excluding hydrogens is 446 g/mol. The molecule has 176 valence electrons. The predicted molar refractivity (Wildman–Crippen MR) is 128 cm³/mol. The van der Waals surface area contributed by atoms with Crippen LogP contribution in [0.5, 0.6) is 0 Å². The number of benzene rings is 2. The maximum atomic E-state index is 13.4. The third-order valence-corrected chi connectivity index (χ3v) is 9.64. The Kier molecular flexibility index (Phi) is 8.46. The van der Waals surface area contributed by atoms with E-state index < -0.39 is 20.0 Å². The van der Waals surface area contributed by atoms with E-state index in [9.17, 15) is 16.8 Å². The summed E-state index contributed by atoms with van der Waals surface area (Å²) in [5.41, 5.74) is 3.04. The third kappa shape index (κ3) is 6.39. The van der Waals surface area contributed by atoms with Crippen LogP contribution in [0.3, 0.4) is 0 Å². The largest absolute Gasteiger partial charge is 0.314 e. The van der Waals surface area contributed by atoms with Gasteiger partial charge in [0, 0.05) is 39.3 Å². The van der Waals surface area contributed by atoms with E-state index in [1.807, 2.05) is 44.2 Å². The number of nitrogens with zero attached hydrogens (tertiary/aromatic N) is 2. The molecule has 0 aromatic heterocycles. The molecule has 0 radical (unpaired) electrons. The lowest BCUT2D eigenvalue weighted by Gasteiger charge is -2.28. The topological polar surface area (TPSA) is 86.8 Å². The Labute approximate surface area is 192 Å². The molecule has 1 heterocycles. The number of nitrogens with one attached hydrogen (secondary N) is 1. The van der Waals surface area contributed by atoms with Crippen molar-refractivity contribution >= 4 is 20.0 Å². The molecule has 0 unspecified atom stereocenters. The quantitative estimate of drug-likeness (QED) is 0.564. The zero-order valence-electron chi connectivity index (χ0n) is 18.8. The van der Waals surface area contributed by atoms with E-state index in [0.717, 1.165) is 23.1 Å². The van der Waals surface area contributed by atoms with Gasteiger partial charge in [0.05, 0.1) is 10.6 Å². The fourth-order valence-corrected chi connectivity index (χ4v) is 6.88. The average molecular weight is 480 g/mol. The Balaban J connectivity index is 1.77. The minimum Gasteiger partial charge on any atom is -0.314 e. The van der Waals surface area contributed by atoms with Crippen molar-refractivity contribution in [1.82, 2.24) is 13.9 Å².